The van der Waals surface area contributed by atoms with Crippen molar-refractivity contribution in [2.75, 3.05) is 5.43 Å². The van der Waals surface area contributed by atoms with Crippen LogP contribution >= 0.6 is 11.3 Å². The maximum absolute atomic E-state index is 12.3. The van der Waals surface area contributed by atoms with Crippen LogP contribution < -0.4 is 16.7 Å². The summed E-state index contributed by atoms with van der Waals surface area (Å²) in [4.78, 5) is 24.3. The number of benzene rings is 1. The van der Waals surface area contributed by atoms with Crippen LogP contribution in [0.15, 0.2) is 50.4 Å². The minimum atomic E-state index is -0.358. The summed E-state index contributed by atoms with van der Waals surface area (Å²) in [7, 11) is 1.48. The molecule has 25 heavy (non-hydrogen) atoms. The van der Waals surface area contributed by atoms with Crippen molar-refractivity contribution >= 4 is 33.5 Å². The van der Waals surface area contributed by atoms with Crippen LogP contribution in [0.25, 0.3) is 10.1 Å². The van der Waals surface area contributed by atoms with E-state index in [1.54, 1.807) is 17.6 Å². The minimum absolute atomic E-state index is 0.264. The molecule has 2 aromatic heterocycles. The van der Waals surface area contributed by atoms with Crippen molar-refractivity contribution in [2.45, 2.75) is 20.4 Å². The molecule has 1 N–H and O–H groups in total. The lowest BCUT2D eigenvalue weighted by atomic mass is 10.2. The van der Waals surface area contributed by atoms with E-state index in [4.69, 9.17) is 0 Å². The van der Waals surface area contributed by atoms with E-state index in [1.807, 2.05) is 37.4 Å². The molecule has 0 spiro atoms. The molecule has 0 amide bonds. The number of aromatic nitrogens is 2. The number of thiophene rings is 1. The second kappa shape index (κ2) is 7.06. The summed E-state index contributed by atoms with van der Waals surface area (Å²) in [6.45, 7) is 4.54. The van der Waals surface area contributed by atoms with E-state index in [1.165, 1.54) is 22.4 Å². The van der Waals surface area contributed by atoms with Gasteiger partial charge in [0.05, 0.1) is 6.21 Å². The van der Waals surface area contributed by atoms with Gasteiger partial charge in [0.1, 0.15) is 5.82 Å². The van der Waals surface area contributed by atoms with Gasteiger partial charge in [-0.05, 0) is 12.0 Å². The molecule has 0 bridgehead atoms. The third-order valence-electron chi connectivity index (χ3n) is 3.84. The number of hydrazone groups is 1. The van der Waals surface area contributed by atoms with Gasteiger partial charge in [0.25, 0.3) is 5.56 Å². The van der Waals surface area contributed by atoms with Crippen LogP contribution in [-0.2, 0) is 13.6 Å². The fraction of sp³-hybridized carbons (Fsp3) is 0.278. The van der Waals surface area contributed by atoms with E-state index in [2.05, 4.69) is 16.6 Å². The Labute approximate surface area is 149 Å². The Morgan fingerprint density at radius 3 is 2.80 bits per heavy atom. The molecular formula is C18H20N4O2S. The molecule has 130 valence electrons. The van der Waals surface area contributed by atoms with E-state index in [0.717, 1.165) is 15.5 Å². The van der Waals surface area contributed by atoms with Gasteiger partial charge in [-0.1, -0.05) is 32.0 Å². The Hall–Kier alpha value is -2.67. The van der Waals surface area contributed by atoms with E-state index in [0.29, 0.717) is 12.4 Å². The molecule has 0 radical (unpaired) electrons. The lowest BCUT2D eigenvalue weighted by Crippen LogP contribution is -2.39. The zero-order chi connectivity index (χ0) is 18.0. The molecule has 2 heterocycles. The molecule has 7 heteroatoms. The molecule has 0 aliphatic rings. The summed E-state index contributed by atoms with van der Waals surface area (Å²) < 4.78 is 3.83. The van der Waals surface area contributed by atoms with Gasteiger partial charge in [-0.15, -0.1) is 11.3 Å². The third kappa shape index (κ3) is 3.56. The van der Waals surface area contributed by atoms with Crippen molar-refractivity contribution in [3.63, 3.8) is 0 Å². The van der Waals surface area contributed by atoms with Crippen LogP contribution in [-0.4, -0.2) is 15.3 Å². The molecular weight excluding hydrogens is 336 g/mol. The first-order chi connectivity index (χ1) is 12.0. The lowest BCUT2D eigenvalue weighted by Gasteiger charge is -2.14. The molecule has 0 atom stereocenters. The highest BCUT2D eigenvalue weighted by molar-refractivity contribution is 7.17. The monoisotopic (exact) mass is 356 g/mol. The van der Waals surface area contributed by atoms with Gasteiger partial charge in [-0.3, -0.25) is 19.4 Å². The first kappa shape index (κ1) is 17.2. The summed E-state index contributed by atoms with van der Waals surface area (Å²) >= 11 is 1.65. The molecule has 1 aromatic carbocycles. The van der Waals surface area contributed by atoms with Crippen molar-refractivity contribution in [3.05, 3.63) is 62.1 Å². The van der Waals surface area contributed by atoms with E-state index in [9.17, 15) is 9.59 Å². The maximum atomic E-state index is 12.3. The third-order valence-corrected chi connectivity index (χ3v) is 4.82. The Bertz CT molecular complexity index is 1040. The topological polar surface area (TPSA) is 68.4 Å². The minimum Gasteiger partial charge on any atom is -0.278 e. The van der Waals surface area contributed by atoms with Crippen molar-refractivity contribution in [1.29, 1.82) is 0 Å². The number of fused-ring (bicyclic) bond motifs is 1. The Kier molecular flexibility index (Phi) is 4.85. The predicted molar refractivity (Wildman–Crippen MR) is 104 cm³/mol. The van der Waals surface area contributed by atoms with Gasteiger partial charge in [-0.2, -0.15) is 5.10 Å². The van der Waals surface area contributed by atoms with Gasteiger partial charge in [0, 0.05) is 40.7 Å². The molecule has 3 aromatic rings. The molecule has 6 nitrogen and oxygen atoms in total. The predicted octanol–water partition coefficient (Wildman–Crippen LogP) is 2.86. The van der Waals surface area contributed by atoms with Crippen LogP contribution in [0.2, 0.25) is 0 Å². The highest BCUT2D eigenvalue weighted by Gasteiger charge is 2.10. The summed E-state index contributed by atoms with van der Waals surface area (Å²) in [5.41, 5.74) is 3.14. The smallest absolute Gasteiger partial charge is 0.278 e. The SMILES string of the molecule is CC(C)Cn1c(N/N=C/c2csc3ccccc23)cc(=O)n(C)c1=O. The zero-order valence-electron chi connectivity index (χ0n) is 14.4. The molecule has 0 unspecified atom stereocenters. The van der Waals surface area contributed by atoms with Crippen LogP contribution in [0, 0.1) is 5.92 Å². The van der Waals surface area contributed by atoms with Crippen molar-refractivity contribution in [1.82, 2.24) is 9.13 Å². The van der Waals surface area contributed by atoms with Gasteiger partial charge in [-0.25, -0.2) is 4.79 Å². The average molecular weight is 356 g/mol. The van der Waals surface area contributed by atoms with E-state index < -0.39 is 0 Å². The molecule has 0 fully saturated rings. The Morgan fingerprint density at radius 1 is 1.28 bits per heavy atom. The van der Waals surface area contributed by atoms with E-state index >= 15 is 0 Å². The second-order valence-corrected chi connectivity index (χ2v) is 7.18. The molecule has 0 aliphatic carbocycles. The highest BCUT2D eigenvalue weighted by atomic mass is 32.1. The van der Waals surface area contributed by atoms with Gasteiger partial charge in [0.2, 0.25) is 0 Å². The quantitative estimate of drug-likeness (QED) is 0.565. The Morgan fingerprint density at radius 2 is 2.04 bits per heavy atom. The van der Waals surface area contributed by atoms with Crippen LogP contribution in [0.3, 0.4) is 0 Å². The van der Waals surface area contributed by atoms with Crippen molar-refractivity contribution in [3.8, 4) is 0 Å². The number of anilines is 1. The summed E-state index contributed by atoms with van der Waals surface area (Å²) in [6.07, 6.45) is 1.71. The van der Waals surface area contributed by atoms with E-state index in [-0.39, 0.29) is 17.2 Å². The van der Waals surface area contributed by atoms with Crippen molar-refractivity contribution < 1.29 is 0 Å². The zero-order valence-corrected chi connectivity index (χ0v) is 15.2. The molecule has 0 saturated carbocycles. The number of hydrogen-bond donors (Lipinski definition) is 1. The largest absolute Gasteiger partial charge is 0.332 e. The second-order valence-electron chi connectivity index (χ2n) is 6.27. The number of hydrogen-bond acceptors (Lipinski definition) is 5. The molecule has 3 rings (SSSR count). The van der Waals surface area contributed by atoms with Crippen LogP contribution in [0.1, 0.15) is 19.4 Å². The Balaban J connectivity index is 1.92. The number of nitrogens with one attached hydrogen (secondary N) is 1. The van der Waals surface area contributed by atoms with Gasteiger partial charge in [0.15, 0.2) is 0 Å². The van der Waals surface area contributed by atoms with Gasteiger partial charge >= 0.3 is 5.69 Å². The standard InChI is InChI=1S/C18H20N4O2S/c1-12(2)10-22-16(8-17(23)21(3)18(22)24)20-19-9-13-11-25-15-7-5-4-6-14(13)15/h4-9,11-12,20H,10H2,1-3H3/b19-9+. The fourth-order valence-electron chi connectivity index (χ4n) is 2.57. The first-order valence-electron chi connectivity index (χ1n) is 8.03. The lowest BCUT2D eigenvalue weighted by molar-refractivity contribution is 0.492. The maximum Gasteiger partial charge on any atom is 0.332 e. The molecule has 0 saturated heterocycles. The first-order valence-corrected chi connectivity index (χ1v) is 8.91. The summed E-state index contributed by atoms with van der Waals surface area (Å²) in [6, 6.07) is 9.49. The summed E-state index contributed by atoms with van der Waals surface area (Å²) in [5.74, 6) is 0.665. The molecule has 0 aliphatic heterocycles. The number of nitrogens with zero attached hydrogens (tertiary/aromatic N) is 3. The average Bonchev–Trinajstić information content (AvgIpc) is 2.99. The van der Waals surface area contributed by atoms with Crippen LogP contribution in [0.4, 0.5) is 5.82 Å². The number of rotatable bonds is 5. The normalized spacial score (nSPS) is 11.7. The van der Waals surface area contributed by atoms with Crippen molar-refractivity contribution in [2.24, 2.45) is 18.1 Å². The van der Waals surface area contributed by atoms with Crippen LogP contribution in [0.5, 0.6) is 0 Å². The van der Waals surface area contributed by atoms with Gasteiger partial charge < -0.3 is 0 Å². The fourth-order valence-corrected chi connectivity index (χ4v) is 3.48. The highest BCUT2D eigenvalue weighted by Crippen LogP contribution is 2.24. The summed E-state index contributed by atoms with van der Waals surface area (Å²) in [5, 5.41) is 7.39.